The van der Waals surface area contributed by atoms with Crippen molar-refractivity contribution in [1.29, 1.82) is 5.41 Å². The number of amides is 3. The maximum Gasteiger partial charge on any atom is 0.320 e. The molecule has 0 aliphatic heterocycles. The van der Waals surface area contributed by atoms with Crippen LogP contribution in [-0.2, 0) is 11.3 Å². The highest BCUT2D eigenvalue weighted by Crippen LogP contribution is 2.20. The molecule has 6 N–H and O–H groups in total. The van der Waals surface area contributed by atoms with Gasteiger partial charge in [-0.15, -0.1) is 22.7 Å². The van der Waals surface area contributed by atoms with E-state index in [1.807, 2.05) is 17.5 Å². The molecule has 0 aliphatic carbocycles. The van der Waals surface area contributed by atoms with Crippen LogP contribution in [0.25, 0.3) is 0 Å². The lowest BCUT2D eigenvalue weighted by atomic mass is 10.4. The normalized spacial score (nSPS) is 10.0. The van der Waals surface area contributed by atoms with Crippen molar-refractivity contribution in [3.8, 4) is 0 Å². The van der Waals surface area contributed by atoms with E-state index in [0.717, 1.165) is 4.88 Å². The summed E-state index contributed by atoms with van der Waals surface area (Å²) in [7, 11) is 0. The van der Waals surface area contributed by atoms with Crippen molar-refractivity contribution in [2.75, 3.05) is 11.9 Å². The Hall–Kier alpha value is -2.39. The Morgan fingerprint density at radius 2 is 2.05 bits per heavy atom. The second kappa shape index (κ2) is 7.57. The monoisotopic (exact) mass is 337 g/mol. The van der Waals surface area contributed by atoms with E-state index >= 15 is 0 Å². The van der Waals surface area contributed by atoms with Gasteiger partial charge in [0.15, 0.2) is 0 Å². The summed E-state index contributed by atoms with van der Waals surface area (Å²) in [6.07, 6.45) is 0. The van der Waals surface area contributed by atoms with Crippen LogP contribution in [0.4, 0.5) is 9.80 Å². The molecule has 0 saturated carbocycles. The van der Waals surface area contributed by atoms with Gasteiger partial charge in [-0.05, 0) is 23.6 Å². The number of nitrogen functional groups attached to an aromatic ring is 1. The first kappa shape index (κ1) is 16.0. The number of amidine groups is 1. The molecule has 3 amide bonds. The molecule has 116 valence electrons. The highest BCUT2D eigenvalue weighted by molar-refractivity contribution is 7.18. The van der Waals surface area contributed by atoms with Gasteiger partial charge in [0.1, 0.15) is 5.84 Å². The highest BCUT2D eigenvalue weighted by atomic mass is 32.1. The maximum atomic E-state index is 11.7. The van der Waals surface area contributed by atoms with Gasteiger partial charge >= 0.3 is 6.03 Å². The summed E-state index contributed by atoms with van der Waals surface area (Å²) in [6, 6.07) is 6.65. The van der Waals surface area contributed by atoms with E-state index in [0.29, 0.717) is 16.4 Å². The Balaban J connectivity index is 1.70. The van der Waals surface area contributed by atoms with Crippen LogP contribution < -0.4 is 21.7 Å². The molecule has 9 heteroatoms. The quantitative estimate of drug-likeness (QED) is 0.406. The van der Waals surface area contributed by atoms with Crippen LogP contribution in [-0.4, -0.2) is 24.3 Å². The Morgan fingerprint density at radius 1 is 1.23 bits per heavy atom. The van der Waals surface area contributed by atoms with Crippen LogP contribution in [0, 0.1) is 5.41 Å². The first-order valence-corrected chi connectivity index (χ1v) is 8.02. The molecule has 2 rings (SSSR count). The van der Waals surface area contributed by atoms with Crippen molar-refractivity contribution in [3.05, 3.63) is 39.4 Å². The molecule has 0 atom stereocenters. The third-order valence-corrected chi connectivity index (χ3v) is 4.47. The van der Waals surface area contributed by atoms with E-state index in [9.17, 15) is 9.59 Å². The van der Waals surface area contributed by atoms with E-state index in [1.54, 1.807) is 23.5 Å². The summed E-state index contributed by atoms with van der Waals surface area (Å²) in [5, 5.41) is 17.5. The number of hydrogen-bond acceptors (Lipinski definition) is 5. The van der Waals surface area contributed by atoms with Crippen molar-refractivity contribution < 1.29 is 9.59 Å². The average molecular weight is 337 g/mol. The molecule has 0 fully saturated rings. The smallest absolute Gasteiger partial charge is 0.320 e. The number of hydrogen-bond donors (Lipinski definition) is 5. The summed E-state index contributed by atoms with van der Waals surface area (Å²) in [5.74, 6) is -0.314. The number of carbonyl (C=O) groups excluding carboxylic acids is 2. The first-order valence-electron chi connectivity index (χ1n) is 6.33. The zero-order valence-electron chi connectivity index (χ0n) is 11.5. The van der Waals surface area contributed by atoms with E-state index in [1.165, 1.54) is 11.3 Å². The van der Waals surface area contributed by atoms with E-state index in [2.05, 4.69) is 16.0 Å². The molecule has 7 nitrogen and oxygen atoms in total. The number of urea groups is 1. The minimum atomic E-state index is -0.483. The lowest BCUT2D eigenvalue weighted by molar-refractivity contribution is -0.120. The van der Waals surface area contributed by atoms with Crippen LogP contribution in [0.2, 0.25) is 0 Å². The fourth-order valence-corrected chi connectivity index (χ4v) is 2.94. The lowest BCUT2D eigenvalue weighted by Gasteiger charge is -2.06. The maximum absolute atomic E-state index is 11.7. The summed E-state index contributed by atoms with van der Waals surface area (Å²) in [4.78, 5) is 24.9. The molecule has 0 radical (unpaired) electrons. The van der Waals surface area contributed by atoms with Crippen molar-refractivity contribution in [3.63, 3.8) is 0 Å². The largest absolute Gasteiger partial charge is 0.383 e. The number of thiophene rings is 2. The van der Waals surface area contributed by atoms with Gasteiger partial charge < -0.3 is 16.4 Å². The number of carbonyl (C=O) groups is 2. The fraction of sp³-hybridized carbons (Fsp3) is 0.154. The van der Waals surface area contributed by atoms with Gasteiger partial charge in [0, 0.05) is 4.88 Å². The van der Waals surface area contributed by atoms with Gasteiger partial charge in [-0.1, -0.05) is 6.07 Å². The van der Waals surface area contributed by atoms with Crippen LogP contribution in [0.1, 0.15) is 9.75 Å². The Labute approximate surface area is 135 Å². The molecule has 0 saturated heterocycles. The van der Waals surface area contributed by atoms with Gasteiger partial charge in [-0.25, -0.2) is 4.79 Å². The Kier molecular flexibility index (Phi) is 5.50. The molecule has 2 heterocycles. The number of nitrogens with two attached hydrogens (primary N) is 1. The van der Waals surface area contributed by atoms with Gasteiger partial charge in [-0.3, -0.25) is 15.5 Å². The number of anilines is 1. The zero-order valence-corrected chi connectivity index (χ0v) is 13.1. The Bertz CT molecular complexity index is 666. The summed E-state index contributed by atoms with van der Waals surface area (Å²) < 4.78 is 0. The summed E-state index contributed by atoms with van der Waals surface area (Å²) >= 11 is 2.75. The molecule has 2 aromatic heterocycles. The van der Waals surface area contributed by atoms with E-state index in [4.69, 9.17) is 11.1 Å². The topological polar surface area (TPSA) is 120 Å². The van der Waals surface area contributed by atoms with E-state index < -0.39 is 6.03 Å². The summed E-state index contributed by atoms with van der Waals surface area (Å²) in [5.41, 5.74) is 5.34. The number of rotatable bonds is 6. The molecule has 0 bridgehead atoms. The van der Waals surface area contributed by atoms with Crippen LogP contribution in [0.5, 0.6) is 0 Å². The van der Waals surface area contributed by atoms with Crippen molar-refractivity contribution in [1.82, 2.24) is 10.6 Å². The second-order valence-corrected chi connectivity index (χ2v) is 6.36. The second-order valence-electron chi connectivity index (χ2n) is 4.24. The molecule has 0 aliphatic rings. The molecular formula is C13H15N5O2S2. The minimum Gasteiger partial charge on any atom is -0.383 e. The fourth-order valence-electron chi connectivity index (χ4n) is 1.53. The zero-order chi connectivity index (χ0) is 15.9. The van der Waals surface area contributed by atoms with Gasteiger partial charge in [0.25, 0.3) is 0 Å². The first-order chi connectivity index (χ1) is 10.5. The van der Waals surface area contributed by atoms with Crippen molar-refractivity contribution >= 4 is 45.4 Å². The SMILES string of the molecule is N=C(N)c1ccc(NC(=O)NCC(=O)NCc2cccs2)s1. The predicted octanol–water partition coefficient (Wildman–Crippen LogP) is 1.53. The van der Waals surface area contributed by atoms with Gasteiger partial charge in [-0.2, -0.15) is 0 Å². The minimum absolute atomic E-state index is 0.0496. The molecule has 2 aromatic rings. The van der Waals surface area contributed by atoms with E-state index in [-0.39, 0.29) is 18.3 Å². The van der Waals surface area contributed by atoms with Gasteiger partial charge in [0.2, 0.25) is 5.91 Å². The predicted molar refractivity (Wildman–Crippen MR) is 88.5 cm³/mol. The van der Waals surface area contributed by atoms with Crippen LogP contribution in [0.15, 0.2) is 29.6 Å². The molecule has 0 spiro atoms. The molecule has 0 unspecified atom stereocenters. The molecule has 0 aromatic carbocycles. The lowest BCUT2D eigenvalue weighted by Crippen LogP contribution is -2.38. The number of nitrogens with one attached hydrogen (secondary N) is 4. The highest BCUT2D eigenvalue weighted by Gasteiger charge is 2.08. The molecular weight excluding hydrogens is 322 g/mol. The van der Waals surface area contributed by atoms with Crippen LogP contribution in [0.3, 0.4) is 0 Å². The van der Waals surface area contributed by atoms with Crippen molar-refractivity contribution in [2.45, 2.75) is 6.54 Å². The Morgan fingerprint density at radius 3 is 2.68 bits per heavy atom. The third kappa shape index (κ3) is 4.86. The average Bonchev–Trinajstić information content (AvgIpc) is 3.14. The van der Waals surface area contributed by atoms with Crippen molar-refractivity contribution in [2.24, 2.45) is 5.73 Å². The standard InChI is InChI=1S/C13H15N5O2S2/c14-12(15)9-3-4-11(22-9)18-13(20)17-7-10(19)16-6-8-2-1-5-21-8/h1-5H,6-7H2,(H3,14,15)(H,16,19)(H2,17,18,20). The summed E-state index contributed by atoms with van der Waals surface area (Å²) in [6.45, 7) is 0.342. The van der Waals surface area contributed by atoms with Crippen LogP contribution >= 0.6 is 22.7 Å². The molecule has 22 heavy (non-hydrogen) atoms. The third-order valence-electron chi connectivity index (χ3n) is 2.56. The van der Waals surface area contributed by atoms with Gasteiger partial charge in [0.05, 0.1) is 23.0 Å².